The minimum absolute atomic E-state index is 0.0872. The Balaban J connectivity index is 1.31. The lowest BCUT2D eigenvalue weighted by atomic mass is 9.75. The van der Waals surface area contributed by atoms with Crippen LogP contribution in [0.3, 0.4) is 0 Å². The Morgan fingerprint density at radius 1 is 0.971 bits per heavy atom. The number of benzene rings is 3. The Morgan fingerprint density at radius 3 is 2.62 bits per heavy atom. The van der Waals surface area contributed by atoms with Crippen LogP contribution in [-0.2, 0) is 0 Å². The van der Waals surface area contributed by atoms with Gasteiger partial charge in [-0.25, -0.2) is 0 Å². The number of rotatable bonds is 2. The molecule has 0 bridgehead atoms. The number of nitrogens with zero attached hydrogens (tertiary/aromatic N) is 2. The van der Waals surface area contributed by atoms with Crippen molar-refractivity contribution < 1.29 is 4.79 Å². The molecule has 1 saturated heterocycles. The summed E-state index contributed by atoms with van der Waals surface area (Å²) in [6.45, 7) is 2.39. The molecule has 0 radical (unpaired) electrons. The third-order valence-corrected chi connectivity index (χ3v) is 7.11. The lowest BCUT2D eigenvalue weighted by molar-refractivity contribution is 0.0467. The van der Waals surface area contributed by atoms with E-state index in [9.17, 15) is 4.79 Å². The van der Waals surface area contributed by atoms with Gasteiger partial charge in [-0.15, -0.1) is 0 Å². The highest BCUT2D eigenvalue weighted by molar-refractivity contribution is 5.99. The molecule has 0 unspecified atom stereocenters. The number of fused-ring (bicyclic) bond motifs is 1. The SMILES string of the molecule is O=C(c1ccc2[nH]nc(C#Cc3ccccc3-c3ccccc3)c2c1)N1CCNC2(CCC2)C1. The predicted octanol–water partition coefficient (Wildman–Crippen LogP) is 4.60. The molecule has 6 rings (SSSR count). The van der Waals surface area contributed by atoms with Crippen molar-refractivity contribution in [3.8, 4) is 23.0 Å². The Labute approximate surface area is 199 Å². The van der Waals surface area contributed by atoms with Gasteiger partial charge in [-0.05, 0) is 60.6 Å². The fourth-order valence-corrected chi connectivity index (χ4v) is 5.08. The fourth-order valence-electron chi connectivity index (χ4n) is 5.08. The van der Waals surface area contributed by atoms with E-state index in [2.05, 4.69) is 45.6 Å². The summed E-state index contributed by atoms with van der Waals surface area (Å²) in [7, 11) is 0. The molecule has 2 N–H and O–H groups in total. The summed E-state index contributed by atoms with van der Waals surface area (Å²) in [5.41, 5.74) is 5.54. The molecule has 1 spiro atoms. The van der Waals surface area contributed by atoms with Gasteiger partial charge < -0.3 is 10.2 Å². The van der Waals surface area contributed by atoms with Crippen molar-refractivity contribution in [2.24, 2.45) is 0 Å². The van der Waals surface area contributed by atoms with Crippen molar-refractivity contribution in [2.75, 3.05) is 19.6 Å². The van der Waals surface area contributed by atoms with Gasteiger partial charge in [0.2, 0.25) is 0 Å². The molecule has 4 aromatic rings. The summed E-state index contributed by atoms with van der Waals surface area (Å²) < 4.78 is 0. The lowest BCUT2D eigenvalue weighted by Gasteiger charge is -2.49. The highest BCUT2D eigenvalue weighted by atomic mass is 16.2. The first-order valence-electron chi connectivity index (χ1n) is 11.9. The molecule has 1 aliphatic heterocycles. The van der Waals surface area contributed by atoms with Gasteiger partial charge >= 0.3 is 0 Å². The average Bonchev–Trinajstić information content (AvgIpc) is 3.29. The number of carbonyl (C=O) groups excluding carboxylic acids is 1. The topological polar surface area (TPSA) is 61.0 Å². The fraction of sp³-hybridized carbons (Fsp3) is 0.241. The van der Waals surface area contributed by atoms with Crippen molar-refractivity contribution in [3.63, 3.8) is 0 Å². The number of piperazine rings is 1. The van der Waals surface area contributed by atoms with Crippen LogP contribution in [0.25, 0.3) is 22.0 Å². The molecular weight excluding hydrogens is 420 g/mol. The second-order valence-corrected chi connectivity index (χ2v) is 9.28. The van der Waals surface area contributed by atoms with Crippen LogP contribution >= 0.6 is 0 Å². The summed E-state index contributed by atoms with van der Waals surface area (Å²) in [6, 6.07) is 24.1. The van der Waals surface area contributed by atoms with E-state index in [0.717, 1.165) is 60.1 Å². The van der Waals surface area contributed by atoms with Crippen molar-refractivity contribution in [3.05, 3.63) is 89.6 Å². The molecule has 0 atom stereocenters. The Hall–Kier alpha value is -3.88. The van der Waals surface area contributed by atoms with Gasteiger partial charge in [0.25, 0.3) is 5.91 Å². The third kappa shape index (κ3) is 3.76. The van der Waals surface area contributed by atoms with Crippen molar-refractivity contribution in [1.29, 1.82) is 0 Å². The molecule has 1 amide bonds. The van der Waals surface area contributed by atoms with Gasteiger partial charge in [0, 0.05) is 41.7 Å². The van der Waals surface area contributed by atoms with E-state index in [1.54, 1.807) is 0 Å². The van der Waals surface area contributed by atoms with Crippen LogP contribution in [0.1, 0.15) is 40.9 Å². The quantitative estimate of drug-likeness (QED) is 0.443. The molecule has 34 heavy (non-hydrogen) atoms. The van der Waals surface area contributed by atoms with Crippen LogP contribution in [0.2, 0.25) is 0 Å². The van der Waals surface area contributed by atoms with Crippen LogP contribution in [0.15, 0.2) is 72.8 Å². The first kappa shape index (κ1) is 20.7. The summed E-state index contributed by atoms with van der Waals surface area (Å²) in [4.78, 5) is 15.3. The molecule has 1 aromatic heterocycles. The van der Waals surface area contributed by atoms with Crippen LogP contribution in [0.5, 0.6) is 0 Å². The number of hydrogen-bond acceptors (Lipinski definition) is 3. The molecule has 2 fully saturated rings. The highest BCUT2D eigenvalue weighted by Crippen LogP contribution is 2.34. The number of aromatic nitrogens is 2. The molecule has 2 heterocycles. The van der Waals surface area contributed by atoms with Gasteiger partial charge in [0.1, 0.15) is 5.69 Å². The van der Waals surface area contributed by atoms with Gasteiger partial charge in [-0.3, -0.25) is 9.89 Å². The summed E-state index contributed by atoms with van der Waals surface area (Å²) in [6.07, 6.45) is 3.55. The minimum atomic E-state index is 0.0872. The standard InChI is InChI=1S/C29H26N4O/c34-28(33-18-17-30-29(20-33)15-6-16-29)23-12-14-27-25(19-23)26(31-32-27)13-11-22-9-4-5-10-24(22)21-7-2-1-3-8-21/h1-5,7-10,12,14,19,30H,6,15-18,20H2,(H,31,32). The number of H-pyrrole nitrogens is 1. The molecule has 1 aliphatic carbocycles. The van der Waals surface area contributed by atoms with Crippen molar-refractivity contribution in [2.45, 2.75) is 24.8 Å². The van der Waals surface area contributed by atoms with Crippen LogP contribution < -0.4 is 5.32 Å². The molecule has 168 valence electrons. The Kier molecular flexibility index (Phi) is 5.16. The smallest absolute Gasteiger partial charge is 0.253 e. The minimum Gasteiger partial charge on any atom is -0.336 e. The number of aromatic amines is 1. The number of nitrogens with one attached hydrogen (secondary N) is 2. The van der Waals surface area contributed by atoms with Crippen LogP contribution in [-0.4, -0.2) is 46.2 Å². The summed E-state index contributed by atoms with van der Waals surface area (Å²) >= 11 is 0. The van der Waals surface area contributed by atoms with Crippen molar-refractivity contribution in [1.82, 2.24) is 20.4 Å². The van der Waals surface area contributed by atoms with E-state index in [1.807, 2.05) is 59.5 Å². The van der Waals surface area contributed by atoms with Gasteiger partial charge in [0.05, 0.1) is 5.52 Å². The predicted molar refractivity (Wildman–Crippen MR) is 134 cm³/mol. The van der Waals surface area contributed by atoms with Gasteiger partial charge in [-0.1, -0.05) is 54.5 Å². The third-order valence-electron chi connectivity index (χ3n) is 7.11. The maximum absolute atomic E-state index is 13.3. The van der Waals surface area contributed by atoms with E-state index in [4.69, 9.17) is 0 Å². The summed E-state index contributed by atoms with van der Waals surface area (Å²) in [5, 5.41) is 12.0. The molecule has 1 saturated carbocycles. The maximum Gasteiger partial charge on any atom is 0.253 e. The van der Waals surface area contributed by atoms with E-state index >= 15 is 0 Å². The maximum atomic E-state index is 13.3. The second kappa shape index (κ2) is 8.48. The zero-order chi connectivity index (χ0) is 23.0. The van der Waals surface area contributed by atoms with Crippen molar-refractivity contribution >= 4 is 16.8 Å². The molecule has 2 aliphatic rings. The molecule has 3 aromatic carbocycles. The zero-order valence-electron chi connectivity index (χ0n) is 19.0. The summed E-state index contributed by atoms with van der Waals surface area (Å²) in [5.74, 6) is 6.64. The first-order valence-corrected chi connectivity index (χ1v) is 11.9. The van der Waals surface area contributed by atoms with Gasteiger partial charge in [-0.2, -0.15) is 5.10 Å². The largest absolute Gasteiger partial charge is 0.336 e. The highest BCUT2D eigenvalue weighted by Gasteiger charge is 2.41. The molecule has 5 nitrogen and oxygen atoms in total. The number of amides is 1. The van der Waals surface area contributed by atoms with Crippen LogP contribution in [0.4, 0.5) is 0 Å². The lowest BCUT2D eigenvalue weighted by Crippen LogP contribution is -2.64. The van der Waals surface area contributed by atoms with E-state index in [-0.39, 0.29) is 11.4 Å². The van der Waals surface area contributed by atoms with E-state index in [1.165, 1.54) is 6.42 Å². The first-order chi connectivity index (χ1) is 16.7. The second-order valence-electron chi connectivity index (χ2n) is 9.28. The van der Waals surface area contributed by atoms with E-state index < -0.39 is 0 Å². The van der Waals surface area contributed by atoms with E-state index in [0.29, 0.717) is 11.3 Å². The van der Waals surface area contributed by atoms with Crippen LogP contribution in [0, 0.1) is 11.8 Å². The molecular formula is C29H26N4O. The average molecular weight is 447 g/mol. The Morgan fingerprint density at radius 2 is 1.79 bits per heavy atom. The molecule has 5 heteroatoms. The zero-order valence-corrected chi connectivity index (χ0v) is 19.0. The van der Waals surface area contributed by atoms with Gasteiger partial charge in [0.15, 0.2) is 0 Å². The number of hydrogen-bond donors (Lipinski definition) is 2. The normalized spacial score (nSPS) is 16.6. The number of carbonyl (C=O) groups is 1. The Bertz CT molecular complexity index is 1420. The monoisotopic (exact) mass is 446 g/mol.